The van der Waals surface area contributed by atoms with Crippen molar-refractivity contribution in [3.8, 4) is 5.75 Å². The van der Waals surface area contributed by atoms with Crippen LogP contribution in [0.3, 0.4) is 0 Å². The van der Waals surface area contributed by atoms with E-state index in [9.17, 15) is 4.79 Å². The first-order chi connectivity index (χ1) is 11.3. The number of methoxy groups -OCH3 is 1. The van der Waals surface area contributed by atoms with Gasteiger partial charge in [0.2, 0.25) is 0 Å². The third-order valence-electron chi connectivity index (χ3n) is 4.23. The van der Waals surface area contributed by atoms with Crippen LogP contribution in [0.2, 0.25) is 0 Å². The summed E-state index contributed by atoms with van der Waals surface area (Å²) in [6.45, 7) is 1.23. The molecule has 3 aromatic rings. The summed E-state index contributed by atoms with van der Waals surface area (Å²) in [6.07, 6.45) is 0.831. The van der Waals surface area contributed by atoms with E-state index in [1.165, 1.54) is 10.2 Å². The standard InChI is InChI=1S/C17H16N4O2/c1-23-14-7-6-12-8-9-20(11-13(12)10-14)17(22)21-16-5-3-2-4-15(16)18-19-21/h2-7,10H,8-9,11H2,1H3. The van der Waals surface area contributed by atoms with E-state index in [1.807, 2.05) is 36.4 Å². The van der Waals surface area contributed by atoms with Gasteiger partial charge in [-0.1, -0.05) is 23.4 Å². The van der Waals surface area contributed by atoms with Crippen LogP contribution in [0.15, 0.2) is 42.5 Å². The van der Waals surface area contributed by atoms with Gasteiger partial charge in [-0.3, -0.25) is 0 Å². The van der Waals surface area contributed by atoms with Gasteiger partial charge < -0.3 is 9.64 Å². The van der Waals surface area contributed by atoms with Gasteiger partial charge in [-0.15, -0.1) is 5.10 Å². The van der Waals surface area contributed by atoms with Crippen LogP contribution in [0, 0.1) is 0 Å². The summed E-state index contributed by atoms with van der Waals surface area (Å²) in [6, 6.07) is 13.3. The Morgan fingerprint density at radius 3 is 2.91 bits per heavy atom. The van der Waals surface area contributed by atoms with Crippen molar-refractivity contribution in [1.82, 2.24) is 19.9 Å². The van der Waals surface area contributed by atoms with E-state index in [0.29, 0.717) is 13.1 Å². The first-order valence-electron chi connectivity index (χ1n) is 7.52. The number of hydrogen-bond acceptors (Lipinski definition) is 4. The molecule has 116 valence electrons. The first kappa shape index (κ1) is 13.8. The molecule has 6 nitrogen and oxygen atoms in total. The van der Waals surface area contributed by atoms with Gasteiger partial charge in [-0.2, -0.15) is 4.68 Å². The van der Waals surface area contributed by atoms with Crippen molar-refractivity contribution in [2.24, 2.45) is 0 Å². The molecule has 0 unspecified atom stereocenters. The number of carbonyl (C=O) groups excluding carboxylic acids is 1. The third-order valence-corrected chi connectivity index (χ3v) is 4.23. The van der Waals surface area contributed by atoms with Crippen LogP contribution in [-0.4, -0.2) is 39.6 Å². The van der Waals surface area contributed by atoms with Gasteiger partial charge >= 0.3 is 6.03 Å². The summed E-state index contributed by atoms with van der Waals surface area (Å²) < 4.78 is 6.65. The highest BCUT2D eigenvalue weighted by atomic mass is 16.5. The lowest BCUT2D eigenvalue weighted by molar-refractivity contribution is 0.191. The largest absolute Gasteiger partial charge is 0.497 e. The minimum atomic E-state index is -0.146. The Kier molecular flexibility index (Phi) is 3.22. The van der Waals surface area contributed by atoms with Gasteiger partial charge in [0.1, 0.15) is 11.3 Å². The molecule has 0 atom stereocenters. The zero-order chi connectivity index (χ0) is 15.8. The molecule has 2 heterocycles. The van der Waals surface area contributed by atoms with E-state index in [0.717, 1.165) is 28.8 Å². The molecular weight excluding hydrogens is 292 g/mol. The number of ether oxygens (including phenoxy) is 1. The number of aromatic nitrogens is 3. The Balaban J connectivity index is 1.65. The maximum atomic E-state index is 12.8. The monoisotopic (exact) mass is 308 g/mol. The zero-order valence-corrected chi connectivity index (χ0v) is 12.8. The number of nitrogens with zero attached hydrogens (tertiary/aromatic N) is 4. The summed E-state index contributed by atoms with van der Waals surface area (Å²) in [4.78, 5) is 14.6. The molecule has 0 spiro atoms. The summed E-state index contributed by atoms with van der Waals surface area (Å²) >= 11 is 0. The summed E-state index contributed by atoms with van der Waals surface area (Å²) in [5, 5.41) is 8.06. The van der Waals surface area contributed by atoms with Crippen molar-refractivity contribution >= 4 is 17.1 Å². The molecule has 1 aliphatic rings. The quantitative estimate of drug-likeness (QED) is 0.693. The van der Waals surface area contributed by atoms with E-state index in [4.69, 9.17) is 4.74 Å². The fourth-order valence-corrected chi connectivity index (χ4v) is 2.97. The Morgan fingerprint density at radius 2 is 2.04 bits per heavy atom. The predicted molar refractivity (Wildman–Crippen MR) is 85.4 cm³/mol. The molecule has 1 aromatic heterocycles. The van der Waals surface area contributed by atoms with Gasteiger partial charge in [-0.05, 0) is 41.8 Å². The number of carbonyl (C=O) groups is 1. The molecule has 0 saturated carbocycles. The highest BCUT2D eigenvalue weighted by Gasteiger charge is 2.24. The van der Waals surface area contributed by atoms with Crippen molar-refractivity contribution < 1.29 is 9.53 Å². The number of fused-ring (bicyclic) bond motifs is 2. The summed E-state index contributed by atoms with van der Waals surface area (Å²) in [5.74, 6) is 0.809. The molecule has 0 saturated heterocycles. The Bertz CT molecular complexity index is 887. The Labute approximate surface area is 133 Å². The van der Waals surface area contributed by atoms with E-state index in [2.05, 4.69) is 16.4 Å². The SMILES string of the molecule is COc1ccc2c(c1)CN(C(=O)n1nnc3ccccc31)CC2. The van der Waals surface area contributed by atoms with Crippen molar-refractivity contribution in [2.45, 2.75) is 13.0 Å². The van der Waals surface area contributed by atoms with Crippen LogP contribution < -0.4 is 4.74 Å². The molecule has 0 radical (unpaired) electrons. The molecule has 0 fully saturated rings. The van der Waals surface area contributed by atoms with E-state index in [1.54, 1.807) is 12.0 Å². The predicted octanol–water partition coefficient (Wildman–Crippen LogP) is 2.47. The summed E-state index contributed by atoms with van der Waals surface area (Å²) in [5.41, 5.74) is 3.83. The second kappa shape index (κ2) is 5.39. The van der Waals surface area contributed by atoms with Gasteiger partial charge in [0.05, 0.1) is 12.6 Å². The average molecular weight is 308 g/mol. The van der Waals surface area contributed by atoms with Crippen molar-refractivity contribution in [2.75, 3.05) is 13.7 Å². The van der Waals surface area contributed by atoms with Crippen molar-refractivity contribution in [1.29, 1.82) is 0 Å². The number of rotatable bonds is 1. The maximum Gasteiger partial charge on any atom is 0.347 e. The van der Waals surface area contributed by atoms with Crippen molar-refractivity contribution in [3.05, 3.63) is 53.6 Å². The number of amides is 1. The van der Waals surface area contributed by atoms with Crippen LogP contribution in [0.4, 0.5) is 4.79 Å². The molecule has 4 rings (SSSR count). The lowest BCUT2D eigenvalue weighted by Gasteiger charge is -2.28. The second-order valence-electron chi connectivity index (χ2n) is 5.58. The fraction of sp³-hybridized carbons (Fsp3) is 0.235. The second-order valence-corrected chi connectivity index (χ2v) is 5.58. The third kappa shape index (κ3) is 2.32. The topological polar surface area (TPSA) is 60.2 Å². The van der Waals surface area contributed by atoms with Crippen LogP contribution >= 0.6 is 0 Å². The van der Waals surface area contributed by atoms with Crippen LogP contribution in [0.5, 0.6) is 5.75 Å². The number of benzene rings is 2. The van der Waals surface area contributed by atoms with Crippen LogP contribution in [-0.2, 0) is 13.0 Å². The Hall–Kier alpha value is -2.89. The smallest absolute Gasteiger partial charge is 0.347 e. The molecule has 0 bridgehead atoms. The molecule has 1 amide bonds. The van der Waals surface area contributed by atoms with Crippen LogP contribution in [0.1, 0.15) is 11.1 Å². The molecule has 6 heteroatoms. The van der Waals surface area contributed by atoms with E-state index < -0.39 is 0 Å². The molecule has 0 aliphatic carbocycles. The highest BCUT2D eigenvalue weighted by Crippen LogP contribution is 2.24. The number of hydrogen-bond donors (Lipinski definition) is 0. The van der Waals surface area contributed by atoms with E-state index in [-0.39, 0.29) is 6.03 Å². The molecule has 0 N–H and O–H groups in total. The molecule has 1 aliphatic heterocycles. The molecular formula is C17H16N4O2. The van der Waals surface area contributed by atoms with Gasteiger partial charge in [0.25, 0.3) is 0 Å². The normalized spacial score (nSPS) is 13.9. The van der Waals surface area contributed by atoms with Crippen molar-refractivity contribution in [3.63, 3.8) is 0 Å². The minimum absolute atomic E-state index is 0.146. The van der Waals surface area contributed by atoms with E-state index >= 15 is 0 Å². The lowest BCUT2D eigenvalue weighted by Crippen LogP contribution is -2.39. The van der Waals surface area contributed by atoms with Gasteiger partial charge in [-0.25, -0.2) is 4.79 Å². The molecule has 23 heavy (non-hydrogen) atoms. The molecule has 2 aromatic carbocycles. The number of para-hydroxylation sites is 1. The summed E-state index contributed by atoms with van der Waals surface area (Å²) in [7, 11) is 1.65. The zero-order valence-electron chi connectivity index (χ0n) is 12.8. The average Bonchev–Trinajstić information content (AvgIpc) is 3.04. The Morgan fingerprint density at radius 1 is 1.17 bits per heavy atom. The minimum Gasteiger partial charge on any atom is -0.497 e. The fourth-order valence-electron chi connectivity index (χ4n) is 2.97. The van der Waals surface area contributed by atoms with Gasteiger partial charge in [0, 0.05) is 13.1 Å². The first-order valence-corrected chi connectivity index (χ1v) is 7.52. The van der Waals surface area contributed by atoms with Gasteiger partial charge in [0.15, 0.2) is 0 Å². The lowest BCUT2D eigenvalue weighted by atomic mass is 10.00. The van der Waals surface area contributed by atoms with Crippen LogP contribution in [0.25, 0.3) is 11.0 Å². The maximum absolute atomic E-state index is 12.8. The highest BCUT2D eigenvalue weighted by molar-refractivity contribution is 5.87.